The maximum absolute atomic E-state index is 11.7. The van der Waals surface area contributed by atoms with Gasteiger partial charge in [-0.05, 0) is 36.0 Å². The van der Waals surface area contributed by atoms with Gasteiger partial charge in [-0.2, -0.15) is 0 Å². The molecule has 2 rings (SSSR count). The van der Waals surface area contributed by atoms with Crippen molar-refractivity contribution in [3.8, 4) is 0 Å². The van der Waals surface area contributed by atoms with Crippen LogP contribution >= 0.6 is 0 Å². The molecule has 2 fully saturated rings. The molecule has 0 heterocycles. The molecule has 2 saturated carbocycles. The molecule has 0 aromatic carbocycles. The van der Waals surface area contributed by atoms with Crippen LogP contribution in [0.1, 0.15) is 46.5 Å². The SMILES string of the molecule is COC(=O)[C@@H]1C[C@@H]2C(C)(C)CCC[C@]2(C)[C@@H]1O. The first kappa shape index (κ1) is 12.9. The summed E-state index contributed by atoms with van der Waals surface area (Å²) >= 11 is 0. The number of hydrogen-bond donors (Lipinski definition) is 1. The third-order valence-electron chi connectivity index (χ3n) is 5.33. The number of fused-ring (bicyclic) bond motifs is 1. The molecule has 0 amide bonds. The van der Waals surface area contributed by atoms with E-state index in [1.165, 1.54) is 13.5 Å². The third-order valence-corrected chi connectivity index (χ3v) is 5.33. The molecule has 0 aromatic rings. The lowest BCUT2D eigenvalue weighted by atomic mass is 9.57. The van der Waals surface area contributed by atoms with Crippen LogP contribution in [0.15, 0.2) is 0 Å². The van der Waals surface area contributed by atoms with Gasteiger partial charge in [0.2, 0.25) is 0 Å². The van der Waals surface area contributed by atoms with E-state index in [1.54, 1.807) is 0 Å². The largest absolute Gasteiger partial charge is 0.469 e. The molecular formula is C14H24O3. The summed E-state index contributed by atoms with van der Waals surface area (Å²) in [6.45, 7) is 6.68. The van der Waals surface area contributed by atoms with E-state index in [-0.39, 0.29) is 22.7 Å². The van der Waals surface area contributed by atoms with Gasteiger partial charge in [-0.25, -0.2) is 0 Å². The Morgan fingerprint density at radius 3 is 2.47 bits per heavy atom. The summed E-state index contributed by atoms with van der Waals surface area (Å²) in [6.07, 6.45) is 3.59. The van der Waals surface area contributed by atoms with Crippen molar-refractivity contribution in [1.29, 1.82) is 0 Å². The molecule has 0 aromatic heterocycles. The van der Waals surface area contributed by atoms with Crippen molar-refractivity contribution in [1.82, 2.24) is 0 Å². The fourth-order valence-electron chi connectivity index (χ4n) is 4.33. The summed E-state index contributed by atoms with van der Waals surface area (Å²) in [4.78, 5) is 11.7. The Morgan fingerprint density at radius 2 is 1.94 bits per heavy atom. The Morgan fingerprint density at radius 1 is 1.29 bits per heavy atom. The second-order valence-corrected chi connectivity index (χ2v) is 6.71. The van der Waals surface area contributed by atoms with E-state index in [9.17, 15) is 9.90 Å². The Labute approximate surface area is 104 Å². The summed E-state index contributed by atoms with van der Waals surface area (Å²) < 4.78 is 4.82. The average molecular weight is 240 g/mol. The van der Waals surface area contributed by atoms with Crippen LogP contribution in [0.5, 0.6) is 0 Å². The number of ether oxygens (including phenoxy) is 1. The van der Waals surface area contributed by atoms with Gasteiger partial charge in [-0.3, -0.25) is 4.79 Å². The fourth-order valence-corrected chi connectivity index (χ4v) is 4.33. The second kappa shape index (κ2) is 3.98. The number of aliphatic hydroxyl groups excluding tert-OH is 1. The van der Waals surface area contributed by atoms with E-state index in [0.29, 0.717) is 5.92 Å². The van der Waals surface area contributed by atoms with Gasteiger partial charge >= 0.3 is 5.97 Å². The van der Waals surface area contributed by atoms with Crippen molar-refractivity contribution in [3.63, 3.8) is 0 Å². The van der Waals surface area contributed by atoms with Crippen molar-refractivity contribution >= 4 is 5.97 Å². The lowest BCUT2D eigenvalue weighted by Crippen LogP contribution is -2.44. The van der Waals surface area contributed by atoms with Gasteiger partial charge in [0.1, 0.15) is 0 Å². The zero-order valence-electron chi connectivity index (χ0n) is 11.3. The van der Waals surface area contributed by atoms with Crippen LogP contribution < -0.4 is 0 Å². The van der Waals surface area contributed by atoms with Crippen molar-refractivity contribution in [2.24, 2.45) is 22.7 Å². The van der Waals surface area contributed by atoms with Gasteiger partial charge in [0.05, 0.1) is 19.1 Å². The minimum atomic E-state index is -0.542. The van der Waals surface area contributed by atoms with E-state index in [0.717, 1.165) is 19.3 Å². The van der Waals surface area contributed by atoms with Crippen LogP contribution in [0.3, 0.4) is 0 Å². The molecule has 3 nitrogen and oxygen atoms in total. The molecule has 0 bridgehead atoms. The molecule has 4 atom stereocenters. The van der Waals surface area contributed by atoms with Crippen LogP contribution in [0.2, 0.25) is 0 Å². The van der Waals surface area contributed by atoms with E-state index in [1.807, 2.05) is 0 Å². The maximum Gasteiger partial charge on any atom is 0.311 e. The smallest absolute Gasteiger partial charge is 0.311 e. The Hall–Kier alpha value is -0.570. The molecular weight excluding hydrogens is 216 g/mol. The van der Waals surface area contributed by atoms with Crippen LogP contribution in [-0.4, -0.2) is 24.3 Å². The number of hydrogen-bond acceptors (Lipinski definition) is 3. The van der Waals surface area contributed by atoms with E-state index >= 15 is 0 Å². The molecule has 17 heavy (non-hydrogen) atoms. The molecule has 98 valence electrons. The molecule has 0 radical (unpaired) electrons. The molecule has 0 aliphatic heterocycles. The number of esters is 1. The second-order valence-electron chi connectivity index (χ2n) is 6.71. The highest BCUT2D eigenvalue weighted by Gasteiger charge is 2.59. The Kier molecular flexibility index (Phi) is 3.01. The van der Waals surface area contributed by atoms with E-state index in [2.05, 4.69) is 20.8 Å². The summed E-state index contributed by atoms with van der Waals surface area (Å²) in [5.74, 6) is -0.154. The zero-order chi connectivity index (χ0) is 12.8. The van der Waals surface area contributed by atoms with Crippen molar-refractivity contribution < 1.29 is 14.6 Å². The van der Waals surface area contributed by atoms with Crippen molar-refractivity contribution in [2.75, 3.05) is 7.11 Å². The van der Waals surface area contributed by atoms with Crippen LogP contribution in [-0.2, 0) is 9.53 Å². The van der Waals surface area contributed by atoms with Crippen LogP contribution in [0, 0.1) is 22.7 Å². The molecule has 1 N–H and O–H groups in total. The predicted octanol–water partition coefficient (Wildman–Crippen LogP) is 2.37. The van der Waals surface area contributed by atoms with Crippen LogP contribution in [0.4, 0.5) is 0 Å². The summed E-state index contributed by atoms with van der Waals surface area (Å²) in [5, 5.41) is 10.5. The average Bonchev–Trinajstić information content (AvgIpc) is 2.52. The highest BCUT2D eigenvalue weighted by molar-refractivity contribution is 5.73. The normalized spacial score (nSPS) is 44.2. The number of carbonyl (C=O) groups is 1. The van der Waals surface area contributed by atoms with Crippen LogP contribution in [0.25, 0.3) is 0 Å². The quantitative estimate of drug-likeness (QED) is 0.716. The summed E-state index contributed by atoms with van der Waals surface area (Å²) in [6, 6.07) is 0. The molecule has 3 heteroatoms. The van der Waals surface area contributed by atoms with Gasteiger partial charge in [-0.1, -0.05) is 27.2 Å². The Balaban J connectivity index is 2.30. The lowest BCUT2D eigenvalue weighted by Gasteiger charge is -2.48. The molecule has 2 aliphatic carbocycles. The van der Waals surface area contributed by atoms with Gasteiger partial charge in [0, 0.05) is 0 Å². The fraction of sp³-hybridized carbons (Fsp3) is 0.929. The summed E-state index contributed by atoms with van der Waals surface area (Å²) in [5.41, 5.74) is 0.108. The lowest BCUT2D eigenvalue weighted by molar-refractivity contribution is -0.150. The van der Waals surface area contributed by atoms with Gasteiger partial charge in [0.15, 0.2) is 0 Å². The number of aliphatic hydroxyl groups is 1. The maximum atomic E-state index is 11.7. The number of carbonyl (C=O) groups excluding carboxylic acids is 1. The number of methoxy groups -OCH3 is 1. The first-order chi connectivity index (χ1) is 7.83. The predicted molar refractivity (Wildman–Crippen MR) is 65.4 cm³/mol. The van der Waals surface area contributed by atoms with Crippen molar-refractivity contribution in [2.45, 2.75) is 52.6 Å². The number of rotatable bonds is 1. The van der Waals surface area contributed by atoms with E-state index < -0.39 is 6.10 Å². The van der Waals surface area contributed by atoms with E-state index in [4.69, 9.17) is 4.74 Å². The molecule has 2 aliphatic rings. The highest BCUT2D eigenvalue weighted by Crippen LogP contribution is 2.60. The highest BCUT2D eigenvalue weighted by atomic mass is 16.5. The minimum absolute atomic E-state index is 0.111. The zero-order valence-corrected chi connectivity index (χ0v) is 11.3. The van der Waals surface area contributed by atoms with Crippen molar-refractivity contribution in [3.05, 3.63) is 0 Å². The first-order valence-corrected chi connectivity index (χ1v) is 6.59. The Bertz CT molecular complexity index is 323. The topological polar surface area (TPSA) is 46.5 Å². The van der Waals surface area contributed by atoms with Gasteiger partial charge in [-0.15, -0.1) is 0 Å². The van der Waals surface area contributed by atoms with Gasteiger partial charge in [0.25, 0.3) is 0 Å². The first-order valence-electron chi connectivity index (χ1n) is 6.59. The summed E-state index contributed by atoms with van der Waals surface area (Å²) in [7, 11) is 1.41. The minimum Gasteiger partial charge on any atom is -0.469 e. The monoisotopic (exact) mass is 240 g/mol. The molecule has 0 saturated heterocycles. The molecule has 0 unspecified atom stereocenters. The van der Waals surface area contributed by atoms with Gasteiger partial charge < -0.3 is 9.84 Å². The third kappa shape index (κ3) is 1.79. The standard InChI is InChI=1S/C14H24O3/c1-13(2)6-5-7-14(3)10(13)8-9(11(14)15)12(16)17-4/h9-11,15H,5-8H2,1-4H3/t9-,10-,11-,14+/m1/s1. The molecule has 0 spiro atoms.